The fourth-order valence-corrected chi connectivity index (χ4v) is 2.30. The Bertz CT molecular complexity index is 586. The summed E-state index contributed by atoms with van der Waals surface area (Å²) in [7, 11) is 0. The second-order valence-corrected chi connectivity index (χ2v) is 4.25. The normalized spacial score (nSPS) is 14.8. The van der Waals surface area contributed by atoms with Crippen LogP contribution < -0.4 is 0 Å². The Morgan fingerprint density at radius 2 is 1.94 bits per heavy atom. The van der Waals surface area contributed by atoms with Gasteiger partial charge in [-0.25, -0.2) is 4.68 Å². The third-order valence-electron chi connectivity index (χ3n) is 3.11. The van der Waals surface area contributed by atoms with Crippen LogP contribution in [0.4, 0.5) is 13.2 Å². The van der Waals surface area contributed by atoms with Crippen LogP contribution in [-0.4, -0.2) is 15.0 Å². The van der Waals surface area contributed by atoms with Gasteiger partial charge in [0.25, 0.3) is 0 Å². The quantitative estimate of drug-likeness (QED) is 0.782. The number of benzene rings is 1. The largest absolute Gasteiger partial charge is 0.417 e. The molecule has 3 rings (SSSR count). The number of alkyl halides is 3. The van der Waals surface area contributed by atoms with Gasteiger partial charge in [-0.15, -0.1) is 5.10 Å². The summed E-state index contributed by atoms with van der Waals surface area (Å²) in [4.78, 5) is 0. The molecule has 0 bridgehead atoms. The van der Waals surface area contributed by atoms with E-state index in [4.69, 9.17) is 0 Å². The number of halogens is 3. The maximum atomic E-state index is 12.9. The monoisotopic (exact) mass is 253 g/mol. The summed E-state index contributed by atoms with van der Waals surface area (Å²) in [5, 5.41) is 7.79. The van der Waals surface area contributed by atoms with Crippen LogP contribution in [0.2, 0.25) is 0 Å². The molecule has 94 valence electrons. The lowest BCUT2D eigenvalue weighted by Crippen LogP contribution is -2.07. The number of hydrogen-bond acceptors (Lipinski definition) is 2. The van der Waals surface area contributed by atoms with E-state index in [2.05, 4.69) is 10.3 Å². The first-order valence-corrected chi connectivity index (χ1v) is 5.66. The van der Waals surface area contributed by atoms with Gasteiger partial charge in [-0.05, 0) is 18.9 Å². The summed E-state index contributed by atoms with van der Waals surface area (Å²) < 4.78 is 40.5. The van der Waals surface area contributed by atoms with Crippen molar-refractivity contribution in [3.8, 4) is 11.3 Å². The van der Waals surface area contributed by atoms with Crippen molar-refractivity contribution in [2.75, 3.05) is 0 Å². The molecule has 0 unspecified atom stereocenters. The van der Waals surface area contributed by atoms with E-state index in [0.717, 1.165) is 31.1 Å². The Balaban J connectivity index is 2.17. The Hall–Kier alpha value is -1.85. The van der Waals surface area contributed by atoms with E-state index < -0.39 is 11.7 Å². The third kappa shape index (κ3) is 1.68. The first-order chi connectivity index (χ1) is 8.57. The van der Waals surface area contributed by atoms with Crippen LogP contribution in [0.25, 0.3) is 11.3 Å². The van der Waals surface area contributed by atoms with E-state index in [1.807, 2.05) is 0 Å². The van der Waals surface area contributed by atoms with Gasteiger partial charge in [-0.1, -0.05) is 23.4 Å². The zero-order valence-corrected chi connectivity index (χ0v) is 9.41. The van der Waals surface area contributed by atoms with Crippen molar-refractivity contribution in [3.05, 3.63) is 35.5 Å². The third-order valence-corrected chi connectivity index (χ3v) is 3.11. The zero-order valence-electron chi connectivity index (χ0n) is 9.41. The minimum absolute atomic E-state index is 0.119. The van der Waals surface area contributed by atoms with Gasteiger partial charge in [0.15, 0.2) is 0 Å². The fraction of sp³-hybridized carbons (Fsp3) is 0.333. The molecular weight excluding hydrogens is 243 g/mol. The first-order valence-electron chi connectivity index (χ1n) is 5.66. The molecule has 6 heteroatoms. The van der Waals surface area contributed by atoms with Crippen molar-refractivity contribution in [1.29, 1.82) is 0 Å². The Morgan fingerprint density at radius 1 is 1.17 bits per heavy atom. The van der Waals surface area contributed by atoms with Crippen LogP contribution in [0.5, 0.6) is 0 Å². The molecule has 3 nitrogen and oxygen atoms in total. The summed E-state index contributed by atoms with van der Waals surface area (Å²) >= 11 is 0. The standard InChI is InChI=1S/C12H10F3N3/c13-12(14,15)9-5-2-1-4-8(9)11-10-6-3-7-18(10)17-16-11/h1-2,4-5H,3,6-7H2. The Labute approximate surface area is 101 Å². The number of fused-ring (bicyclic) bond motifs is 1. The van der Waals surface area contributed by atoms with E-state index >= 15 is 0 Å². The number of rotatable bonds is 1. The van der Waals surface area contributed by atoms with Crippen LogP contribution in [0.3, 0.4) is 0 Å². The van der Waals surface area contributed by atoms with Crippen LogP contribution in [0.15, 0.2) is 24.3 Å². The summed E-state index contributed by atoms with van der Waals surface area (Å²) in [6, 6.07) is 5.50. The van der Waals surface area contributed by atoms with Gasteiger partial charge in [0.1, 0.15) is 5.69 Å². The van der Waals surface area contributed by atoms with Gasteiger partial charge in [0, 0.05) is 12.1 Å². The highest BCUT2D eigenvalue weighted by molar-refractivity contribution is 5.66. The lowest BCUT2D eigenvalue weighted by Gasteiger charge is -2.11. The van der Waals surface area contributed by atoms with Gasteiger partial charge in [-0.2, -0.15) is 13.2 Å². The maximum absolute atomic E-state index is 12.9. The topological polar surface area (TPSA) is 30.7 Å². The Kier molecular flexibility index (Phi) is 2.39. The molecule has 1 aromatic carbocycles. The smallest absolute Gasteiger partial charge is 0.249 e. The summed E-state index contributed by atoms with van der Waals surface area (Å²) in [5.41, 5.74) is 0.625. The highest BCUT2D eigenvalue weighted by atomic mass is 19.4. The van der Waals surface area contributed by atoms with E-state index in [1.165, 1.54) is 12.1 Å². The summed E-state index contributed by atoms with van der Waals surface area (Å²) in [6.45, 7) is 0.733. The molecule has 1 aromatic heterocycles. The first kappa shape index (κ1) is 11.3. The minimum Gasteiger partial charge on any atom is -0.249 e. The van der Waals surface area contributed by atoms with Gasteiger partial charge in [0.05, 0.1) is 11.3 Å². The van der Waals surface area contributed by atoms with Crippen molar-refractivity contribution in [1.82, 2.24) is 15.0 Å². The molecule has 0 saturated carbocycles. The molecule has 0 N–H and O–H groups in total. The molecule has 1 aliphatic heterocycles. The van der Waals surface area contributed by atoms with Gasteiger partial charge in [-0.3, -0.25) is 0 Å². The second kappa shape index (κ2) is 3.83. The molecular formula is C12H10F3N3. The fourth-order valence-electron chi connectivity index (χ4n) is 2.30. The second-order valence-electron chi connectivity index (χ2n) is 4.25. The lowest BCUT2D eigenvalue weighted by molar-refractivity contribution is -0.137. The van der Waals surface area contributed by atoms with Crippen molar-refractivity contribution < 1.29 is 13.2 Å². The van der Waals surface area contributed by atoms with Crippen LogP contribution >= 0.6 is 0 Å². The SMILES string of the molecule is FC(F)(F)c1ccccc1-c1nnn2c1CCC2. The molecule has 0 amide bonds. The molecule has 1 aliphatic rings. The van der Waals surface area contributed by atoms with Gasteiger partial charge in [0.2, 0.25) is 0 Å². The zero-order chi connectivity index (χ0) is 12.8. The maximum Gasteiger partial charge on any atom is 0.417 e. The molecule has 2 heterocycles. The summed E-state index contributed by atoms with van der Waals surface area (Å²) in [5.74, 6) is 0. The van der Waals surface area contributed by atoms with E-state index in [-0.39, 0.29) is 5.56 Å². The molecule has 18 heavy (non-hydrogen) atoms. The van der Waals surface area contributed by atoms with Crippen molar-refractivity contribution in [3.63, 3.8) is 0 Å². The van der Waals surface area contributed by atoms with Crippen LogP contribution in [-0.2, 0) is 19.1 Å². The average Bonchev–Trinajstić information content (AvgIpc) is 2.89. The lowest BCUT2D eigenvalue weighted by atomic mass is 10.0. The van der Waals surface area contributed by atoms with Crippen LogP contribution in [0.1, 0.15) is 17.7 Å². The van der Waals surface area contributed by atoms with E-state index in [1.54, 1.807) is 10.7 Å². The van der Waals surface area contributed by atoms with Crippen molar-refractivity contribution in [2.45, 2.75) is 25.6 Å². The number of hydrogen-bond donors (Lipinski definition) is 0. The van der Waals surface area contributed by atoms with E-state index in [9.17, 15) is 13.2 Å². The number of nitrogens with zero attached hydrogens (tertiary/aromatic N) is 3. The molecule has 0 fully saturated rings. The summed E-state index contributed by atoms with van der Waals surface area (Å²) in [6.07, 6.45) is -2.73. The number of aromatic nitrogens is 3. The van der Waals surface area contributed by atoms with Gasteiger partial charge < -0.3 is 0 Å². The predicted octanol–water partition coefficient (Wildman–Crippen LogP) is 2.91. The molecule has 0 saturated heterocycles. The molecule has 0 radical (unpaired) electrons. The molecule has 2 aromatic rings. The molecule has 0 atom stereocenters. The molecule has 0 spiro atoms. The highest BCUT2D eigenvalue weighted by Gasteiger charge is 2.35. The van der Waals surface area contributed by atoms with Crippen LogP contribution in [0, 0.1) is 0 Å². The van der Waals surface area contributed by atoms with Crippen molar-refractivity contribution >= 4 is 0 Å². The highest BCUT2D eigenvalue weighted by Crippen LogP contribution is 2.38. The number of aryl methyl sites for hydroxylation is 1. The average molecular weight is 253 g/mol. The van der Waals surface area contributed by atoms with E-state index in [0.29, 0.717) is 5.69 Å². The Morgan fingerprint density at radius 3 is 2.72 bits per heavy atom. The van der Waals surface area contributed by atoms with Crippen molar-refractivity contribution in [2.24, 2.45) is 0 Å². The predicted molar refractivity (Wildman–Crippen MR) is 58.8 cm³/mol. The molecule has 0 aliphatic carbocycles. The van der Waals surface area contributed by atoms with Gasteiger partial charge >= 0.3 is 6.18 Å². The minimum atomic E-state index is -4.37.